The van der Waals surface area contributed by atoms with Crippen molar-refractivity contribution in [3.63, 3.8) is 0 Å². The average Bonchev–Trinajstić information content (AvgIpc) is 2.78. The van der Waals surface area contributed by atoms with Crippen molar-refractivity contribution in [1.82, 2.24) is 9.88 Å². The van der Waals surface area contributed by atoms with Crippen molar-refractivity contribution in [2.75, 3.05) is 18.4 Å². The van der Waals surface area contributed by atoms with Crippen LogP contribution in [0, 0.1) is 5.92 Å². The average molecular weight is 282 g/mol. The van der Waals surface area contributed by atoms with Crippen molar-refractivity contribution in [2.45, 2.75) is 39.8 Å². The lowest BCUT2D eigenvalue weighted by molar-refractivity contribution is -0.119. The van der Waals surface area contributed by atoms with Crippen molar-refractivity contribution in [3.05, 3.63) is 10.6 Å². The van der Waals surface area contributed by atoms with Gasteiger partial charge < -0.3 is 11.1 Å². The van der Waals surface area contributed by atoms with Crippen molar-refractivity contribution >= 4 is 22.4 Å². The van der Waals surface area contributed by atoms with E-state index in [1.54, 1.807) is 11.3 Å². The van der Waals surface area contributed by atoms with Crippen LogP contribution in [0.5, 0.6) is 0 Å². The summed E-state index contributed by atoms with van der Waals surface area (Å²) in [6.07, 6.45) is 0.971. The van der Waals surface area contributed by atoms with Crippen LogP contribution in [0.4, 0.5) is 5.13 Å². The van der Waals surface area contributed by atoms with Gasteiger partial charge in [-0.2, -0.15) is 0 Å². The van der Waals surface area contributed by atoms with Gasteiger partial charge in [-0.05, 0) is 13.5 Å². The van der Waals surface area contributed by atoms with Crippen LogP contribution in [-0.2, 0) is 17.8 Å². The molecule has 1 amide bonds. The molecule has 19 heavy (non-hydrogen) atoms. The number of thiazole rings is 1. The molecule has 1 aliphatic rings. The zero-order valence-electron chi connectivity index (χ0n) is 11.8. The molecule has 1 aromatic heterocycles. The predicted molar refractivity (Wildman–Crippen MR) is 78.2 cm³/mol. The first-order valence-electron chi connectivity index (χ1n) is 6.78. The Kier molecular flexibility index (Phi) is 4.54. The Balaban J connectivity index is 2.04. The third-order valence-corrected chi connectivity index (χ3v) is 4.69. The van der Waals surface area contributed by atoms with E-state index in [1.165, 1.54) is 4.88 Å². The minimum atomic E-state index is -0.201. The lowest BCUT2D eigenvalue weighted by Crippen LogP contribution is -2.34. The molecule has 0 spiro atoms. The van der Waals surface area contributed by atoms with Gasteiger partial charge in [0.1, 0.15) is 0 Å². The van der Waals surface area contributed by atoms with Gasteiger partial charge in [0.15, 0.2) is 5.13 Å². The fraction of sp³-hybridized carbons (Fsp3) is 0.692. The van der Waals surface area contributed by atoms with Crippen molar-refractivity contribution in [3.8, 4) is 0 Å². The summed E-state index contributed by atoms with van der Waals surface area (Å²) in [4.78, 5) is 20.1. The van der Waals surface area contributed by atoms with Crippen LogP contribution >= 0.6 is 11.3 Å². The van der Waals surface area contributed by atoms with Crippen LogP contribution in [-0.4, -0.2) is 34.9 Å². The number of hydrogen-bond acceptors (Lipinski definition) is 5. The topological polar surface area (TPSA) is 71.2 Å². The van der Waals surface area contributed by atoms with E-state index >= 15 is 0 Å². The number of nitrogens with zero attached hydrogens (tertiary/aromatic N) is 2. The van der Waals surface area contributed by atoms with Gasteiger partial charge in [-0.1, -0.05) is 13.8 Å². The van der Waals surface area contributed by atoms with Crippen LogP contribution in [0.1, 0.15) is 31.3 Å². The standard InChI is InChI=1S/C13H22N4OS/c1-4-17-6-5-10-11(7-17)19-13(15-10)16-12(18)8(2)9(3)14/h8-9H,4-7,14H2,1-3H3,(H,15,16,18). The van der Waals surface area contributed by atoms with Gasteiger partial charge in [0.2, 0.25) is 5.91 Å². The van der Waals surface area contributed by atoms with Crippen molar-refractivity contribution < 1.29 is 4.79 Å². The van der Waals surface area contributed by atoms with Crippen LogP contribution < -0.4 is 11.1 Å². The summed E-state index contributed by atoms with van der Waals surface area (Å²) in [5.41, 5.74) is 6.88. The normalized spacial score (nSPS) is 18.7. The van der Waals surface area contributed by atoms with E-state index in [9.17, 15) is 4.79 Å². The monoisotopic (exact) mass is 282 g/mol. The molecule has 0 aliphatic carbocycles. The van der Waals surface area contributed by atoms with Gasteiger partial charge >= 0.3 is 0 Å². The van der Waals surface area contributed by atoms with Gasteiger partial charge in [-0.3, -0.25) is 9.69 Å². The van der Waals surface area contributed by atoms with Crippen LogP contribution in [0.25, 0.3) is 0 Å². The highest BCUT2D eigenvalue weighted by atomic mass is 32.1. The van der Waals surface area contributed by atoms with E-state index in [2.05, 4.69) is 22.1 Å². The van der Waals surface area contributed by atoms with Gasteiger partial charge in [0.05, 0.1) is 11.6 Å². The van der Waals surface area contributed by atoms with E-state index in [0.29, 0.717) is 5.13 Å². The van der Waals surface area contributed by atoms with E-state index in [1.807, 2.05) is 13.8 Å². The third kappa shape index (κ3) is 3.32. The van der Waals surface area contributed by atoms with Crippen LogP contribution in [0.15, 0.2) is 0 Å². The summed E-state index contributed by atoms with van der Waals surface area (Å²) in [6, 6.07) is -0.148. The second kappa shape index (κ2) is 5.98. The zero-order valence-corrected chi connectivity index (χ0v) is 12.6. The number of nitrogens with two attached hydrogens (primary N) is 1. The molecule has 1 aromatic rings. The maximum Gasteiger partial charge on any atom is 0.230 e. The highest BCUT2D eigenvalue weighted by molar-refractivity contribution is 7.15. The van der Waals surface area contributed by atoms with Gasteiger partial charge in [0, 0.05) is 30.4 Å². The fourth-order valence-electron chi connectivity index (χ4n) is 2.03. The van der Waals surface area contributed by atoms with E-state index in [4.69, 9.17) is 5.73 Å². The number of anilines is 1. The molecule has 0 bridgehead atoms. The number of fused-ring (bicyclic) bond motifs is 1. The van der Waals surface area contributed by atoms with Gasteiger partial charge in [-0.25, -0.2) is 4.98 Å². The number of aromatic nitrogens is 1. The smallest absolute Gasteiger partial charge is 0.230 e. The van der Waals surface area contributed by atoms with Crippen molar-refractivity contribution in [1.29, 1.82) is 0 Å². The predicted octanol–water partition coefficient (Wildman–Crippen LogP) is 1.44. The molecule has 3 N–H and O–H groups in total. The highest BCUT2D eigenvalue weighted by Crippen LogP contribution is 2.28. The second-order valence-corrected chi connectivity index (χ2v) is 6.23. The number of likely N-dealkylation sites (N-methyl/N-ethyl adjacent to an activating group) is 1. The van der Waals surface area contributed by atoms with Gasteiger partial charge in [-0.15, -0.1) is 11.3 Å². The number of carbonyl (C=O) groups is 1. The highest BCUT2D eigenvalue weighted by Gasteiger charge is 2.22. The molecule has 0 fully saturated rings. The Hall–Kier alpha value is -0.980. The largest absolute Gasteiger partial charge is 0.327 e. The molecular weight excluding hydrogens is 260 g/mol. The fourth-order valence-corrected chi connectivity index (χ4v) is 3.08. The molecule has 106 valence electrons. The summed E-state index contributed by atoms with van der Waals surface area (Å²) in [6.45, 7) is 8.90. The van der Waals surface area contributed by atoms with Crippen LogP contribution in [0.2, 0.25) is 0 Å². The Morgan fingerprint density at radius 2 is 2.32 bits per heavy atom. The van der Waals surface area contributed by atoms with Gasteiger partial charge in [0.25, 0.3) is 0 Å². The summed E-state index contributed by atoms with van der Waals surface area (Å²) < 4.78 is 0. The molecular formula is C13H22N4OS. The molecule has 0 radical (unpaired) electrons. The maximum atomic E-state index is 12.0. The first kappa shape index (κ1) is 14.4. The maximum absolute atomic E-state index is 12.0. The number of rotatable bonds is 4. The molecule has 2 rings (SSSR count). The molecule has 0 aromatic carbocycles. The van der Waals surface area contributed by atoms with Crippen LogP contribution in [0.3, 0.4) is 0 Å². The Morgan fingerprint density at radius 1 is 1.58 bits per heavy atom. The van der Waals surface area contributed by atoms with E-state index < -0.39 is 0 Å². The first-order valence-corrected chi connectivity index (χ1v) is 7.60. The molecule has 0 saturated heterocycles. The van der Waals surface area contributed by atoms with E-state index in [-0.39, 0.29) is 17.9 Å². The summed E-state index contributed by atoms with van der Waals surface area (Å²) in [5.74, 6) is -0.249. The molecule has 2 atom stereocenters. The number of carbonyl (C=O) groups excluding carboxylic acids is 1. The lowest BCUT2D eigenvalue weighted by Gasteiger charge is -2.23. The summed E-state index contributed by atoms with van der Waals surface area (Å²) >= 11 is 1.59. The Bertz CT molecular complexity index is 457. The molecule has 6 heteroatoms. The molecule has 5 nitrogen and oxygen atoms in total. The minimum Gasteiger partial charge on any atom is -0.327 e. The Morgan fingerprint density at radius 3 is 2.95 bits per heavy atom. The third-order valence-electron chi connectivity index (χ3n) is 3.69. The van der Waals surface area contributed by atoms with Crippen molar-refractivity contribution in [2.24, 2.45) is 11.7 Å². The second-order valence-electron chi connectivity index (χ2n) is 5.14. The number of amides is 1. The van der Waals surface area contributed by atoms with E-state index in [0.717, 1.165) is 31.7 Å². The molecule has 2 unspecified atom stereocenters. The quantitative estimate of drug-likeness (QED) is 0.876. The summed E-state index contributed by atoms with van der Waals surface area (Å²) in [5, 5.41) is 3.59. The lowest BCUT2D eigenvalue weighted by atomic mass is 10.0. The molecule has 1 aliphatic heterocycles. The first-order chi connectivity index (χ1) is 9.01. The molecule has 0 saturated carbocycles. The summed E-state index contributed by atoms with van der Waals surface area (Å²) in [7, 11) is 0. The number of nitrogens with one attached hydrogen (secondary N) is 1. The minimum absolute atomic E-state index is 0.0477. The zero-order chi connectivity index (χ0) is 14.0. The number of hydrogen-bond donors (Lipinski definition) is 2. The Labute approximate surface area is 118 Å². The molecule has 2 heterocycles. The SMILES string of the molecule is CCN1CCc2nc(NC(=O)C(C)C(C)N)sc2C1.